The molecular weight excluding hydrogens is 453 g/mol. The van der Waals surface area contributed by atoms with Crippen LogP contribution in [0.1, 0.15) is 11.3 Å². The van der Waals surface area contributed by atoms with Crippen LogP contribution in [0.3, 0.4) is 0 Å². The molecule has 0 N–H and O–H groups in total. The second-order valence-corrected chi connectivity index (χ2v) is 6.01. The Morgan fingerprint density at radius 3 is 2.76 bits per heavy atom. The van der Waals surface area contributed by atoms with E-state index in [-0.39, 0.29) is 22.9 Å². The Morgan fingerprint density at radius 1 is 1.48 bits per heavy atom. The smallest absolute Gasteiger partial charge is 0.314 e. The van der Waals surface area contributed by atoms with Crippen LogP contribution in [0.5, 0.6) is 11.6 Å². The van der Waals surface area contributed by atoms with Crippen molar-refractivity contribution in [3.8, 4) is 17.7 Å². The summed E-state index contributed by atoms with van der Waals surface area (Å²) in [4.78, 5) is 14.8. The monoisotopic (exact) mass is 459 g/mol. The van der Waals surface area contributed by atoms with Crippen LogP contribution in [-0.4, -0.2) is 9.91 Å². The molecule has 1 heterocycles. The van der Waals surface area contributed by atoms with Gasteiger partial charge in [0.2, 0.25) is 11.6 Å². The summed E-state index contributed by atoms with van der Waals surface area (Å²) in [6.07, 6.45) is 0. The zero-order valence-corrected chi connectivity index (χ0v) is 14.4. The summed E-state index contributed by atoms with van der Waals surface area (Å²) < 4.78 is 6.84. The highest BCUT2D eigenvalue weighted by Gasteiger charge is 2.21. The molecule has 0 aliphatic rings. The number of nitro groups is 1. The molecule has 0 atom stereocenters. The Kier molecular flexibility index (Phi) is 4.74. The first kappa shape index (κ1) is 15.7. The fourth-order valence-corrected chi connectivity index (χ4v) is 2.51. The van der Waals surface area contributed by atoms with Gasteiger partial charge in [-0.3, -0.25) is 10.1 Å². The summed E-state index contributed by atoms with van der Waals surface area (Å²) in [6.45, 7) is 1.79. The van der Waals surface area contributed by atoms with Gasteiger partial charge < -0.3 is 4.74 Å². The lowest BCUT2D eigenvalue weighted by molar-refractivity contribution is -0.385. The van der Waals surface area contributed by atoms with E-state index in [0.29, 0.717) is 9.26 Å². The van der Waals surface area contributed by atoms with Gasteiger partial charge in [-0.25, -0.2) is 4.98 Å². The Labute approximate surface area is 142 Å². The highest BCUT2D eigenvalue weighted by molar-refractivity contribution is 14.1. The van der Waals surface area contributed by atoms with E-state index in [1.54, 1.807) is 19.1 Å². The molecule has 106 valence electrons. The lowest BCUT2D eigenvalue weighted by Crippen LogP contribution is -1.98. The van der Waals surface area contributed by atoms with E-state index in [4.69, 9.17) is 10.00 Å². The van der Waals surface area contributed by atoms with Gasteiger partial charge in [0.15, 0.2) is 0 Å². The highest BCUT2D eigenvalue weighted by atomic mass is 127. The maximum atomic E-state index is 11.1. The van der Waals surface area contributed by atoms with Crippen molar-refractivity contribution in [2.75, 3.05) is 0 Å². The first-order valence-corrected chi connectivity index (χ1v) is 7.48. The normalized spacial score (nSPS) is 10.0. The van der Waals surface area contributed by atoms with Gasteiger partial charge in [-0.2, -0.15) is 5.26 Å². The molecule has 8 heteroatoms. The van der Waals surface area contributed by atoms with E-state index in [1.807, 2.05) is 28.7 Å². The quantitative estimate of drug-likeness (QED) is 0.387. The third-order valence-corrected chi connectivity index (χ3v) is 4.19. The maximum Gasteiger partial charge on any atom is 0.314 e. The summed E-state index contributed by atoms with van der Waals surface area (Å²) in [5, 5.41) is 20.0. The number of pyridine rings is 1. The fourth-order valence-electron chi connectivity index (χ4n) is 1.56. The zero-order chi connectivity index (χ0) is 15.6. The molecule has 6 nitrogen and oxygen atoms in total. The van der Waals surface area contributed by atoms with E-state index >= 15 is 0 Å². The number of aryl methyl sites for hydroxylation is 1. The first-order chi connectivity index (χ1) is 9.92. The number of halogens is 2. The van der Waals surface area contributed by atoms with E-state index in [1.165, 1.54) is 12.1 Å². The summed E-state index contributed by atoms with van der Waals surface area (Å²) >= 11 is 5.21. The molecule has 2 aromatic rings. The second-order valence-electron chi connectivity index (χ2n) is 3.99. The summed E-state index contributed by atoms with van der Waals surface area (Å²) in [5.74, 6) is 0.329. The largest absolute Gasteiger partial charge is 0.431 e. The van der Waals surface area contributed by atoms with Crippen molar-refractivity contribution in [2.24, 2.45) is 0 Å². The first-order valence-electron chi connectivity index (χ1n) is 5.61. The SMILES string of the molecule is Cc1nc(Oc2c(I)cc(C#N)cc2[N+](=O)[O-])ccc1Br. The summed E-state index contributed by atoms with van der Waals surface area (Å²) in [7, 11) is 0. The second kappa shape index (κ2) is 6.36. The number of nitriles is 1. The van der Waals surface area contributed by atoms with Crippen molar-refractivity contribution in [3.63, 3.8) is 0 Å². The molecule has 1 aromatic heterocycles. The molecule has 0 saturated heterocycles. The van der Waals surface area contributed by atoms with E-state index in [2.05, 4.69) is 20.9 Å². The van der Waals surface area contributed by atoms with Crippen molar-refractivity contribution in [1.82, 2.24) is 4.98 Å². The van der Waals surface area contributed by atoms with E-state index in [0.717, 1.165) is 4.47 Å². The Hall–Kier alpha value is -1.73. The third-order valence-electron chi connectivity index (χ3n) is 2.55. The number of hydrogen-bond donors (Lipinski definition) is 0. The van der Waals surface area contributed by atoms with Gasteiger partial charge in [0.25, 0.3) is 0 Å². The molecule has 0 amide bonds. The van der Waals surface area contributed by atoms with Gasteiger partial charge in [-0.05, 0) is 57.6 Å². The van der Waals surface area contributed by atoms with Gasteiger partial charge >= 0.3 is 5.69 Å². The van der Waals surface area contributed by atoms with Crippen LogP contribution in [0.15, 0.2) is 28.7 Å². The van der Waals surface area contributed by atoms with Crippen molar-refractivity contribution >= 4 is 44.2 Å². The van der Waals surface area contributed by atoms with Gasteiger partial charge in [0.1, 0.15) is 0 Å². The number of ether oxygens (including phenoxy) is 1. The van der Waals surface area contributed by atoms with Crippen LogP contribution in [0.2, 0.25) is 0 Å². The number of rotatable bonds is 3. The van der Waals surface area contributed by atoms with Crippen molar-refractivity contribution in [1.29, 1.82) is 5.26 Å². The Balaban J connectivity index is 2.50. The molecule has 0 bridgehead atoms. The topological polar surface area (TPSA) is 89.0 Å². The minimum atomic E-state index is -0.579. The van der Waals surface area contributed by atoms with Crippen molar-refractivity contribution in [2.45, 2.75) is 6.92 Å². The average molecular weight is 460 g/mol. The van der Waals surface area contributed by atoms with E-state index in [9.17, 15) is 10.1 Å². The van der Waals surface area contributed by atoms with Crippen molar-refractivity contribution in [3.05, 3.63) is 53.7 Å². The molecule has 1 aromatic carbocycles. The molecule has 0 saturated carbocycles. The minimum Gasteiger partial charge on any atom is -0.431 e. The molecule has 0 spiro atoms. The summed E-state index contributed by atoms with van der Waals surface area (Å²) in [5.41, 5.74) is 0.651. The molecule has 0 radical (unpaired) electrons. The van der Waals surface area contributed by atoms with Crippen molar-refractivity contribution < 1.29 is 9.66 Å². The average Bonchev–Trinajstić information content (AvgIpc) is 2.44. The Bertz CT molecular complexity index is 774. The number of nitrogens with zero attached hydrogens (tertiary/aromatic N) is 3. The molecule has 0 unspecified atom stereocenters. The van der Waals surface area contributed by atoms with Gasteiger partial charge in [-0.15, -0.1) is 0 Å². The van der Waals surface area contributed by atoms with Gasteiger partial charge in [0.05, 0.1) is 25.8 Å². The van der Waals surface area contributed by atoms with Gasteiger partial charge in [-0.1, -0.05) is 0 Å². The highest BCUT2D eigenvalue weighted by Crippen LogP contribution is 2.36. The molecular formula is C13H7BrIN3O3. The van der Waals surface area contributed by atoms with Crippen LogP contribution in [0, 0.1) is 31.9 Å². The molecule has 0 aliphatic carbocycles. The molecule has 21 heavy (non-hydrogen) atoms. The standard InChI is InChI=1S/C13H7BrIN3O3/c1-7-9(14)2-3-12(17-7)21-13-10(15)4-8(6-16)5-11(13)18(19)20/h2-5H,1H3. The molecule has 2 rings (SSSR count). The van der Waals surface area contributed by atoms with Gasteiger partial charge in [0, 0.05) is 16.6 Å². The Morgan fingerprint density at radius 2 is 2.19 bits per heavy atom. The predicted molar refractivity (Wildman–Crippen MR) is 87.3 cm³/mol. The van der Waals surface area contributed by atoms with Crippen LogP contribution >= 0.6 is 38.5 Å². The van der Waals surface area contributed by atoms with E-state index < -0.39 is 4.92 Å². The number of aromatic nitrogens is 1. The lowest BCUT2D eigenvalue weighted by atomic mass is 10.2. The van der Waals surface area contributed by atoms with Crippen LogP contribution < -0.4 is 4.74 Å². The molecule has 0 aliphatic heterocycles. The number of nitro benzene ring substituents is 1. The lowest BCUT2D eigenvalue weighted by Gasteiger charge is -2.09. The maximum absolute atomic E-state index is 11.1. The minimum absolute atomic E-state index is 0.0776. The zero-order valence-electron chi connectivity index (χ0n) is 10.6. The third kappa shape index (κ3) is 3.48. The fraction of sp³-hybridized carbons (Fsp3) is 0.0769. The van der Waals surface area contributed by atoms with Crippen LogP contribution in [0.4, 0.5) is 5.69 Å². The molecule has 0 fully saturated rings. The van der Waals surface area contributed by atoms with Crippen LogP contribution in [0.25, 0.3) is 0 Å². The van der Waals surface area contributed by atoms with Crippen LogP contribution in [-0.2, 0) is 0 Å². The number of hydrogen-bond acceptors (Lipinski definition) is 5. The predicted octanol–water partition coefficient (Wildman–Crippen LogP) is 4.33. The number of benzene rings is 1. The summed E-state index contributed by atoms with van der Waals surface area (Å²) in [6, 6.07) is 7.95.